The van der Waals surface area contributed by atoms with E-state index in [0.29, 0.717) is 10.0 Å². The molecular formula is C15H13Cl2NO. The van der Waals surface area contributed by atoms with Gasteiger partial charge in [0.2, 0.25) is 0 Å². The molecule has 0 aliphatic carbocycles. The van der Waals surface area contributed by atoms with Crippen molar-refractivity contribution in [2.45, 2.75) is 13.0 Å². The summed E-state index contributed by atoms with van der Waals surface area (Å²) >= 11 is 11.9. The van der Waals surface area contributed by atoms with Gasteiger partial charge in [-0.05, 0) is 35.4 Å². The number of ether oxygens (including phenoxy) is 1. The van der Waals surface area contributed by atoms with E-state index in [1.165, 1.54) is 11.1 Å². The minimum Gasteiger partial charge on any atom is -0.493 e. The second-order valence-corrected chi connectivity index (χ2v) is 5.34. The molecule has 98 valence electrons. The second kappa shape index (κ2) is 5.32. The molecule has 0 amide bonds. The SMILES string of the molecule is Clc1ccc(NCc2ccc3c(c2)CCO3)cc1Cl. The van der Waals surface area contributed by atoms with Gasteiger partial charge in [-0.1, -0.05) is 35.3 Å². The molecule has 0 atom stereocenters. The molecule has 1 aliphatic heterocycles. The highest BCUT2D eigenvalue weighted by Crippen LogP contribution is 2.27. The third-order valence-electron chi connectivity index (χ3n) is 3.17. The normalized spacial score (nSPS) is 12.9. The second-order valence-electron chi connectivity index (χ2n) is 4.52. The topological polar surface area (TPSA) is 21.3 Å². The van der Waals surface area contributed by atoms with Crippen molar-refractivity contribution in [2.75, 3.05) is 11.9 Å². The van der Waals surface area contributed by atoms with Gasteiger partial charge in [-0.25, -0.2) is 0 Å². The number of halogens is 2. The van der Waals surface area contributed by atoms with Crippen LogP contribution in [0.2, 0.25) is 10.0 Å². The lowest BCUT2D eigenvalue weighted by molar-refractivity contribution is 0.357. The first-order chi connectivity index (χ1) is 9.22. The number of anilines is 1. The predicted molar refractivity (Wildman–Crippen MR) is 79.4 cm³/mol. The van der Waals surface area contributed by atoms with Gasteiger partial charge in [0.25, 0.3) is 0 Å². The summed E-state index contributed by atoms with van der Waals surface area (Å²) in [6, 6.07) is 11.9. The molecule has 0 saturated carbocycles. The molecule has 3 rings (SSSR count). The van der Waals surface area contributed by atoms with E-state index in [1.807, 2.05) is 18.2 Å². The molecule has 1 aliphatic rings. The van der Waals surface area contributed by atoms with Crippen LogP contribution in [0.15, 0.2) is 36.4 Å². The molecule has 1 N–H and O–H groups in total. The van der Waals surface area contributed by atoms with Gasteiger partial charge in [-0.2, -0.15) is 0 Å². The van der Waals surface area contributed by atoms with Crippen LogP contribution in [0.25, 0.3) is 0 Å². The third-order valence-corrected chi connectivity index (χ3v) is 3.91. The number of hydrogen-bond acceptors (Lipinski definition) is 2. The fourth-order valence-corrected chi connectivity index (χ4v) is 2.46. The molecule has 0 radical (unpaired) electrons. The Labute approximate surface area is 122 Å². The summed E-state index contributed by atoms with van der Waals surface area (Å²) in [4.78, 5) is 0. The fraction of sp³-hybridized carbons (Fsp3) is 0.200. The van der Waals surface area contributed by atoms with Crippen molar-refractivity contribution in [2.24, 2.45) is 0 Å². The lowest BCUT2D eigenvalue weighted by atomic mass is 10.1. The lowest BCUT2D eigenvalue weighted by Crippen LogP contribution is -1.99. The number of rotatable bonds is 3. The number of fused-ring (bicyclic) bond motifs is 1. The Morgan fingerprint density at radius 3 is 2.79 bits per heavy atom. The summed E-state index contributed by atoms with van der Waals surface area (Å²) < 4.78 is 5.49. The van der Waals surface area contributed by atoms with Crippen molar-refractivity contribution in [3.05, 3.63) is 57.6 Å². The molecule has 0 aromatic heterocycles. The van der Waals surface area contributed by atoms with Crippen LogP contribution in [-0.4, -0.2) is 6.61 Å². The van der Waals surface area contributed by atoms with Gasteiger partial charge in [0.1, 0.15) is 5.75 Å². The first-order valence-corrected chi connectivity index (χ1v) is 6.91. The monoisotopic (exact) mass is 293 g/mol. The summed E-state index contributed by atoms with van der Waals surface area (Å²) in [5, 5.41) is 4.47. The highest BCUT2D eigenvalue weighted by molar-refractivity contribution is 6.42. The van der Waals surface area contributed by atoms with E-state index in [1.54, 1.807) is 6.07 Å². The van der Waals surface area contributed by atoms with Crippen LogP contribution in [0, 0.1) is 0 Å². The van der Waals surface area contributed by atoms with Crippen LogP contribution in [0.4, 0.5) is 5.69 Å². The van der Waals surface area contributed by atoms with E-state index in [0.717, 1.165) is 31.0 Å². The van der Waals surface area contributed by atoms with Crippen LogP contribution in [0.1, 0.15) is 11.1 Å². The van der Waals surface area contributed by atoms with Gasteiger partial charge in [0.05, 0.1) is 16.7 Å². The molecule has 2 aromatic carbocycles. The maximum absolute atomic E-state index is 5.98. The van der Waals surface area contributed by atoms with Crippen LogP contribution < -0.4 is 10.1 Å². The van der Waals surface area contributed by atoms with Crippen molar-refractivity contribution in [1.82, 2.24) is 0 Å². The lowest BCUT2D eigenvalue weighted by Gasteiger charge is -2.08. The first kappa shape index (κ1) is 12.6. The Morgan fingerprint density at radius 1 is 1.05 bits per heavy atom. The highest BCUT2D eigenvalue weighted by Gasteiger charge is 2.11. The van der Waals surface area contributed by atoms with E-state index < -0.39 is 0 Å². The van der Waals surface area contributed by atoms with Crippen molar-refractivity contribution in [3.63, 3.8) is 0 Å². The smallest absolute Gasteiger partial charge is 0.122 e. The van der Waals surface area contributed by atoms with E-state index in [-0.39, 0.29) is 0 Å². The highest BCUT2D eigenvalue weighted by atomic mass is 35.5. The average Bonchev–Trinajstić information content (AvgIpc) is 2.87. The van der Waals surface area contributed by atoms with Gasteiger partial charge in [-0.15, -0.1) is 0 Å². The Bertz CT molecular complexity index is 613. The molecule has 2 aromatic rings. The van der Waals surface area contributed by atoms with Crippen LogP contribution in [0.3, 0.4) is 0 Å². The van der Waals surface area contributed by atoms with Crippen LogP contribution >= 0.6 is 23.2 Å². The first-order valence-electron chi connectivity index (χ1n) is 6.16. The van der Waals surface area contributed by atoms with E-state index in [9.17, 15) is 0 Å². The Kier molecular flexibility index (Phi) is 3.54. The molecule has 0 saturated heterocycles. The van der Waals surface area contributed by atoms with E-state index in [2.05, 4.69) is 17.4 Å². The molecule has 1 heterocycles. The van der Waals surface area contributed by atoms with Crippen molar-refractivity contribution < 1.29 is 4.74 Å². The quantitative estimate of drug-likeness (QED) is 0.897. The van der Waals surface area contributed by atoms with Crippen LogP contribution in [-0.2, 0) is 13.0 Å². The molecule has 2 nitrogen and oxygen atoms in total. The summed E-state index contributed by atoms with van der Waals surface area (Å²) in [6.07, 6.45) is 0.996. The zero-order valence-corrected chi connectivity index (χ0v) is 11.8. The molecule has 0 bridgehead atoms. The maximum Gasteiger partial charge on any atom is 0.122 e. The largest absolute Gasteiger partial charge is 0.493 e. The molecule has 0 spiro atoms. The molecule has 0 unspecified atom stereocenters. The molecule has 4 heteroatoms. The zero-order chi connectivity index (χ0) is 13.2. The number of benzene rings is 2. The van der Waals surface area contributed by atoms with Crippen LogP contribution in [0.5, 0.6) is 5.75 Å². The number of hydrogen-bond donors (Lipinski definition) is 1. The molecular weight excluding hydrogens is 281 g/mol. The summed E-state index contributed by atoms with van der Waals surface area (Å²) in [6.45, 7) is 1.55. The molecule has 19 heavy (non-hydrogen) atoms. The standard InChI is InChI=1S/C15H13Cl2NO/c16-13-3-2-12(8-14(13)17)18-9-10-1-4-15-11(7-10)5-6-19-15/h1-4,7-8,18H,5-6,9H2. The zero-order valence-electron chi connectivity index (χ0n) is 10.2. The maximum atomic E-state index is 5.98. The Hall–Kier alpha value is -1.38. The van der Waals surface area contributed by atoms with Gasteiger partial charge in [0, 0.05) is 18.7 Å². The van der Waals surface area contributed by atoms with E-state index >= 15 is 0 Å². The van der Waals surface area contributed by atoms with Crippen molar-refractivity contribution in [3.8, 4) is 5.75 Å². The van der Waals surface area contributed by atoms with Gasteiger partial charge >= 0.3 is 0 Å². The van der Waals surface area contributed by atoms with Crippen molar-refractivity contribution >= 4 is 28.9 Å². The average molecular weight is 294 g/mol. The minimum absolute atomic E-state index is 0.564. The summed E-state index contributed by atoms with van der Waals surface area (Å²) in [5.74, 6) is 1.01. The summed E-state index contributed by atoms with van der Waals surface area (Å²) in [7, 11) is 0. The van der Waals surface area contributed by atoms with Gasteiger partial charge < -0.3 is 10.1 Å². The minimum atomic E-state index is 0.564. The van der Waals surface area contributed by atoms with Gasteiger partial charge in [-0.3, -0.25) is 0 Å². The predicted octanol–water partition coefficient (Wildman–Crippen LogP) is 4.54. The Morgan fingerprint density at radius 2 is 1.95 bits per heavy atom. The number of nitrogens with one attached hydrogen (secondary N) is 1. The van der Waals surface area contributed by atoms with Crippen molar-refractivity contribution in [1.29, 1.82) is 0 Å². The van der Waals surface area contributed by atoms with Gasteiger partial charge in [0.15, 0.2) is 0 Å². The Balaban J connectivity index is 1.70. The molecule has 0 fully saturated rings. The third kappa shape index (κ3) is 2.80. The summed E-state index contributed by atoms with van der Waals surface area (Å²) in [5.41, 5.74) is 3.48. The fourth-order valence-electron chi connectivity index (χ4n) is 2.16. The van der Waals surface area contributed by atoms with E-state index in [4.69, 9.17) is 27.9 Å².